The van der Waals surface area contributed by atoms with Crippen LogP contribution >= 0.6 is 0 Å². The van der Waals surface area contributed by atoms with Gasteiger partial charge in [0.25, 0.3) is 0 Å². The van der Waals surface area contributed by atoms with Crippen LogP contribution in [0, 0.1) is 11.3 Å². The fourth-order valence-corrected chi connectivity index (χ4v) is 5.01. The number of hydrogen-bond donors (Lipinski definition) is 0. The number of ether oxygens (including phenoxy) is 2. The Morgan fingerprint density at radius 3 is 2.83 bits per heavy atom. The molecule has 2 atom stereocenters. The molecule has 1 aliphatic heterocycles. The van der Waals surface area contributed by atoms with Crippen LogP contribution in [-0.4, -0.2) is 24.0 Å². The lowest BCUT2D eigenvalue weighted by Crippen LogP contribution is -2.43. The van der Waals surface area contributed by atoms with E-state index in [2.05, 4.69) is 42.2 Å². The molecule has 124 valence electrons. The van der Waals surface area contributed by atoms with Crippen LogP contribution in [0.4, 0.5) is 0 Å². The number of benzene rings is 1. The Labute approximate surface area is 142 Å². The minimum absolute atomic E-state index is 0.233. The Kier molecular flexibility index (Phi) is 3.13. The normalized spacial score (nSPS) is 31.4. The van der Waals surface area contributed by atoms with Gasteiger partial charge in [-0.15, -0.1) is 0 Å². The third-order valence-electron chi connectivity index (χ3n) is 6.47. The van der Waals surface area contributed by atoms with Crippen LogP contribution in [0.3, 0.4) is 0 Å². The molecule has 2 fully saturated rings. The van der Waals surface area contributed by atoms with Crippen LogP contribution in [0.15, 0.2) is 42.7 Å². The first-order chi connectivity index (χ1) is 11.7. The SMILES string of the molecule is C[C@]12CCC3(C[C@@H]1CC=C2c1ccc2ccncc2c1)OCCO3. The van der Waals surface area contributed by atoms with Crippen LogP contribution in [0.5, 0.6) is 0 Å². The molecular weight excluding hydrogens is 298 g/mol. The third-order valence-corrected chi connectivity index (χ3v) is 6.47. The molecule has 3 heteroatoms. The molecule has 0 unspecified atom stereocenters. The molecule has 1 spiro atoms. The molecule has 1 saturated heterocycles. The maximum absolute atomic E-state index is 5.98. The van der Waals surface area contributed by atoms with Gasteiger partial charge in [0.2, 0.25) is 0 Å². The second-order valence-corrected chi connectivity index (χ2v) is 7.72. The molecule has 0 bridgehead atoms. The topological polar surface area (TPSA) is 31.4 Å². The quantitative estimate of drug-likeness (QED) is 0.771. The Morgan fingerprint density at radius 2 is 1.96 bits per heavy atom. The van der Waals surface area contributed by atoms with Gasteiger partial charge in [0.05, 0.1) is 13.2 Å². The van der Waals surface area contributed by atoms with Crippen molar-refractivity contribution in [2.45, 2.75) is 38.4 Å². The first-order valence-corrected chi connectivity index (χ1v) is 9.01. The zero-order valence-corrected chi connectivity index (χ0v) is 14.1. The summed E-state index contributed by atoms with van der Waals surface area (Å²) in [6.45, 7) is 3.94. The molecule has 2 aliphatic carbocycles. The summed E-state index contributed by atoms with van der Waals surface area (Å²) >= 11 is 0. The van der Waals surface area contributed by atoms with Crippen molar-refractivity contribution in [3.05, 3.63) is 48.3 Å². The van der Waals surface area contributed by atoms with Crippen LogP contribution in [0.2, 0.25) is 0 Å². The summed E-state index contributed by atoms with van der Waals surface area (Å²) in [5.41, 5.74) is 3.09. The molecule has 2 heterocycles. The van der Waals surface area contributed by atoms with Crippen LogP contribution in [0.25, 0.3) is 16.3 Å². The van der Waals surface area contributed by atoms with Gasteiger partial charge in [-0.3, -0.25) is 4.98 Å². The fraction of sp³-hybridized carbons (Fsp3) is 0.476. The summed E-state index contributed by atoms with van der Waals surface area (Å²) in [6, 6.07) is 8.87. The molecule has 1 saturated carbocycles. The van der Waals surface area contributed by atoms with Gasteiger partial charge in [-0.05, 0) is 52.8 Å². The molecule has 0 amide bonds. The second kappa shape index (κ2) is 5.14. The summed E-state index contributed by atoms with van der Waals surface area (Å²) in [6.07, 6.45) is 10.6. The van der Waals surface area contributed by atoms with Gasteiger partial charge in [-0.2, -0.15) is 0 Å². The molecule has 24 heavy (non-hydrogen) atoms. The van der Waals surface area contributed by atoms with Gasteiger partial charge >= 0.3 is 0 Å². The summed E-state index contributed by atoms with van der Waals surface area (Å²) in [5, 5.41) is 2.47. The van der Waals surface area contributed by atoms with E-state index in [-0.39, 0.29) is 11.2 Å². The number of pyridine rings is 1. The average molecular weight is 321 g/mol. The molecule has 2 aromatic rings. The Bertz CT molecular complexity index is 821. The van der Waals surface area contributed by atoms with E-state index in [0.717, 1.165) is 38.9 Å². The standard InChI is InChI=1S/C21H23NO2/c1-20-7-8-21(23-10-11-24-21)13-18(20)4-5-19(20)16-3-2-15-6-9-22-14-17(15)12-16/h2-3,5-6,9,12,14,18H,4,7-8,10-11,13H2,1H3/t18-,20-/m0/s1. The van der Waals surface area contributed by atoms with Crippen molar-refractivity contribution in [3.63, 3.8) is 0 Å². The van der Waals surface area contributed by atoms with Gasteiger partial charge in [0.15, 0.2) is 5.79 Å². The summed E-state index contributed by atoms with van der Waals surface area (Å²) in [7, 11) is 0. The second-order valence-electron chi connectivity index (χ2n) is 7.72. The number of fused-ring (bicyclic) bond motifs is 2. The number of aromatic nitrogens is 1. The summed E-state index contributed by atoms with van der Waals surface area (Å²) < 4.78 is 12.0. The van der Waals surface area contributed by atoms with Gasteiger partial charge in [0, 0.05) is 30.6 Å². The highest BCUT2D eigenvalue weighted by atomic mass is 16.7. The van der Waals surface area contributed by atoms with Crippen LogP contribution in [0.1, 0.15) is 38.2 Å². The molecule has 3 nitrogen and oxygen atoms in total. The smallest absolute Gasteiger partial charge is 0.168 e. The van der Waals surface area contributed by atoms with Gasteiger partial charge in [0.1, 0.15) is 0 Å². The van der Waals surface area contributed by atoms with E-state index in [1.165, 1.54) is 21.9 Å². The minimum Gasteiger partial charge on any atom is -0.348 e. The lowest BCUT2D eigenvalue weighted by Gasteiger charge is -2.46. The van der Waals surface area contributed by atoms with E-state index in [9.17, 15) is 0 Å². The van der Waals surface area contributed by atoms with E-state index in [1.807, 2.05) is 12.4 Å². The van der Waals surface area contributed by atoms with Crippen molar-refractivity contribution in [1.29, 1.82) is 0 Å². The Hall–Kier alpha value is -1.71. The molecule has 1 aromatic heterocycles. The number of rotatable bonds is 1. The predicted octanol–water partition coefficient (Wildman–Crippen LogP) is 4.57. The molecular formula is C21H23NO2. The van der Waals surface area contributed by atoms with Crippen molar-refractivity contribution in [2.75, 3.05) is 13.2 Å². The zero-order valence-electron chi connectivity index (χ0n) is 14.1. The highest BCUT2D eigenvalue weighted by Crippen LogP contribution is 2.59. The molecule has 0 N–H and O–H groups in total. The summed E-state index contributed by atoms with van der Waals surface area (Å²) in [5.74, 6) is 0.324. The summed E-state index contributed by atoms with van der Waals surface area (Å²) in [4.78, 5) is 4.28. The number of allylic oxidation sites excluding steroid dienone is 2. The zero-order chi connectivity index (χ0) is 16.2. The van der Waals surface area contributed by atoms with Crippen molar-refractivity contribution in [1.82, 2.24) is 4.98 Å². The van der Waals surface area contributed by atoms with E-state index in [0.29, 0.717) is 5.92 Å². The molecule has 5 rings (SSSR count). The van der Waals surface area contributed by atoms with Crippen LogP contribution < -0.4 is 0 Å². The molecule has 1 aromatic carbocycles. The van der Waals surface area contributed by atoms with Gasteiger partial charge < -0.3 is 9.47 Å². The monoisotopic (exact) mass is 321 g/mol. The van der Waals surface area contributed by atoms with E-state index in [4.69, 9.17) is 9.47 Å². The van der Waals surface area contributed by atoms with Gasteiger partial charge in [-0.25, -0.2) is 0 Å². The fourth-order valence-electron chi connectivity index (χ4n) is 5.01. The van der Waals surface area contributed by atoms with E-state index >= 15 is 0 Å². The van der Waals surface area contributed by atoms with Gasteiger partial charge in [-0.1, -0.05) is 25.1 Å². The largest absolute Gasteiger partial charge is 0.348 e. The minimum atomic E-state index is -0.291. The number of hydrogen-bond acceptors (Lipinski definition) is 3. The maximum Gasteiger partial charge on any atom is 0.168 e. The van der Waals surface area contributed by atoms with E-state index < -0.39 is 0 Å². The number of nitrogens with zero attached hydrogens (tertiary/aromatic N) is 1. The van der Waals surface area contributed by atoms with Crippen LogP contribution in [-0.2, 0) is 9.47 Å². The van der Waals surface area contributed by atoms with Crippen molar-refractivity contribution < 1.29 is 9.47 Å². The highest BCUT2D eigenvalue weighted by Gasteiger charge is 2.52. The van der Waals surface area contributed by atoms with Crippen molar-refractivity contribution >= 4 is 16.3 Å². The molecule has 3 aliphatic rings. The molecule has 0 radical (unpaired) electrons. The lowest BCUT2D eigenvalue weighted by molar-refractivity contribution is -0.198. The van der Waals surface area contributed by atoms with E-state index in [1.54, 1.807) is 0 Å². The van der Waals surface area contributed by atoms with Crippen molar-refractivity contribution in [2.24, 2.45) is 11.3 Å². The Balaban J connectivity index is 1.48. The average Bonchev–Trinajstić information content (AvgIpc) is 3.20. The predicted molar refractivity (Wildman–Crippen MR) is 94.4 cm³/mol. The third kappa shape index (κ3) is 2.08. The first-order valence-electron chi connectivity index (χ1n) is 9.01. The maximum atomic E-state index is 5.98. The van der Waals surface area contributed by atoms with Crippen molar-refractivity contribution in [3.8, 4) is 0 Å². The first kappa shape index (κ1) is 14.6. The Morgan fingerprint density at radius 1 is 1.08 bits per heavy atom. The highest BCUT2D eigenvalue weighted by molar-refractivity contribution is 5.86. The lowest BCUT2D eigenvalue weighted by atomic mass is 9.63.